The first-order chi connectivity index (χ1) is 13.9. The molecule has 29 heavy (non-hydrogen) atoms. The number of nitrogens with zero attached hydrogens (tertiary/aromatic N) is 2. The van der Waals surface area contributed by atoms with Crippen molar-refractivity contribution in [3.63, 3.8) is 0 Å². The van der Waals surface area contributed by atoms with Crippen LogP contribution in [-0.2, 0) is 16.0 Å². The van der Waals surface area contributed by atoms with E-state index >= 15 is 0 Å². The molecule has 0 N–H and O–H groups in total. The normalized spacial score (nSPS) is 15.9. The number of amides is 2. The smallest absolute Gasteiger partial charge is 0.242 e. The van der Waals surface area contributed by atoms with Crippen LogP contribution in [0.2, 0.25) is 0 Å². The Kier molecular flexibility index (Phi) is 6.90. The van der Waals surface area contributed by atoms with Crippen molar-refractivity contribution < 1.29 is 18.7 Å². The number of fused-ring (bicyclic) bond motifs is 1. The molecule has 1 aliphatic rings. The molecule has 1 atom stereocenters. The molecule has 0 aliphatic carbocycles. The van der Waals surface area contributed by atoms with Crippen LogP contribution >= 0.6 is 11.3 Å². The van der Waals surface area contributed by atoms with Crippen molar-refractivity contribution in [2.75, 3.05) is 26.2 Å². The van der Waals surface area contributed by atoms with Crippen LogP contribution in [0.5, 0.6) is 5.75 Å². The largest absolute Gasteiger partial charge is 0.491 e. The van der Waals surface area contributed by atoms with Crippen molar-refractivity contribution in [2.24, 2.45) is 5.92 Å². The standard InChI is InChI=1S/C22H27FN2O3S/c1-4-24(22(27)15(2)3)13-21(26)25-10-8-20-18(9-11-29-20)19(25)14-28-17-7-5-6-16(23)12-17/h5-7,9,11-12,15,19H,4,8,10,13-14H2,1-3H3. The van der Waals surface area contributed by atoms with E-state index in [0.29, 0.717) is 18.8 Å². The number of rotatable bonds is 7. The zero-order valence-corrected chi connectivity index (χ0v) is 17.9. The Labute approximate surface area is 175 Å². The molecular formula is C22H27FN2O3S. The molecule has 156 valence electrons. The fraction of sp³-hybridized carbons (Fsp3) is 0.455. The molecule has 7 heteroatoms. The molecule has 0 fully saturated rings. The Morgan fingerprint density at radius 2 is 2.14 bits per heavy atom. The van der Waals surface area contributed by atoms with Gasteiger partial charge in [0.05, 0.1) is 12.6 Å². The molecule has 2 heterocycles. The Balaban J connectivity index is 1.77. The molecule has 0 saturated carbocycles. The van der Waals surface area contributed by atoms with E-state index in [4.69, 9.17) is 4.74 Å². The minimum atomic E-state index is -0.360. The third kappa shape index (κ3) is 4.96. The molecule has 1 aromatic heterocycles. The highest BCUT2D eigenvalue weighted by atomic mass is 32.1. The zero-order valence-electron chi connectivity index (χ0n) is 17.1. The van der Waals surface area contributed by atoms with Crippen LogP contribution in [0.4, 0.5) is 4.39 Å². The number of carbonyl (C=O) groups is 2. The first kappa shape index (κ1) is 21.3. The summed E-state index contributed by atoms with van der Waals surface area (Å²) >= 11 is 1.68. The fourth-order valence-corrected chi connectivity index (χ4v) is 4.50. The van der Waals surface area contributed by atoms with Crippen LogP contribution in [0.1, 0.15) is 37.3 Å². The van der Waals surface area contributed by atoms with Crippen molar-refractivity contribution in [3.8, 4) is 5.75 Å². The summed E-state index contributed by atoms with van der Waals surface area (Å²) < 4.78 is 19.3. The van der Waals surface area contributed by atoms with Gasteiger partial charge in [-0.05, 0) is 42.5 Å². The monoisotopic (exact) mass is 418 g/mol. The van der Waals surface area contributed by atoms with E-state index in [1.165, 1.54) is 17.0 Å². The predicted octanol–water partition coefficient (Wildman–Crippen LogP) is 3.90. The lowest BCUT2D eigenvalue weighted by Crippen LogP contribution is -2.48. The number of ether oxygens (including phenoxy) is 1. The van der Waals surface area contributed by atoms with E-state index in [0.717, 1.165) is 12.0 Å². The van der Waals surface area contributed by atoms with Crippen molar-refractivity contribution in [3.05, 3.63) is 52.0 Å². The lowest BCUT2D eigenvalue weighted by molar-refractivity contribution is -0.144. The number of thiophene rings is 1. The quantitative estimate of drug-likeness (QED) is 0.685. The topological polar surface area (TPSA) is 49.9 Å². The van der Waals surface area contributed by atoms with E-state index in [1.807, 2.05) is 32.2 Å². The van der Waals surface area contributed by atoms with Crippen molar-refractivity contribution >= 4 is 23.2 Å². The van der Waals surface area contributed by atoms with Gasteiger partial charge in [0.1, 0.15) is 18.2 Å². The summed E-state index contributed by atoms with van der Waals surface area (Å²) in [5, 5.41) is 2.02. The third-order valence-corrected chi connectivity index (χ3v) is 6.13. The number of benzene rings is 1. The Bertz CT molecular complexity index is 867. The van der Waals surface area contributed by atoms with Crippen LogP contribution in [-0.4, -0.2) is 47.9 Å². The molecule has 3 rings (SSSR count). The third-order valence-electron chi connectivity index (χ3n) is 5.13. The first-order valence-electron chi connectivity index (χ1n) is 9.93. The molecule has 0 radical (unpaired) electrons. The summed E-state index contributed by atoms with van der Waals surface area (Å²) in [4.78, 5) is 30.1. The molecular weight excluding hydrogens is 391 g/mol. The van der Waals surface area contributed by atoms with Gasteiger partial charge >= 0.3 is 0 Å². The minimum absolute atomic E-state index is 0.0263. The van der Waals surface area contributed by atoms with E-state index in [2.05, 4.69) is 0 Å². The maximum Gasteiger partial charge on any atom is 0.242 e. The Morgan fingerprint density at radius 1 is 1.34 bits per heavy atom. The summed E-state index contributed by atoms with van der Waals surface area (Å²) in [5.41, 5.74) is 1.07. The fourth-order valence-electron chi connectivity index (χ4n) is 3.57. The van der Waals surface area contributed by atoms with Gasteiger partial charge in [-0.15, -0.1) is 11.3 Å². The summed E-state index contributed by atoms with van der Waals surface area (Å²) in [6.07, 6.45) is 0.791. The number of halogens is 1. The van der Waals surface area contributed by atoms with Crippen LogP contribution < -0.4 is 4.74 Å². The maximum absolute atomic E-state index is 13.5. The van der Waals surface area contributed by atoms with Gasteiger partial charge in [-0.25, -0.2) is 4.39 Å². The van der Waals surface area contributed by atoms with E-state index < -0.39 is 0 Å². The highest BCUT2D eigenvalue weighted by Crippen LogP contribution is 2.34. The second kappa shape index (κ2) is 9.39. The summed E-state index contributed by atoms with van der Waals surface area (Å²) in [6, 6.07) is 7.77. The van der Waals surface area contributed by atoms with Crippen LogP contribution in [0.3, 0.4) is 0 Å². The molecule has 0 bridgehead atoms. The second-order valence-corrected chi connectivity index (χ2v) is 8.43. The zero-order chi connectivity index (χ0) is 21.0. The summed E-state index contributed by atoms with van der Waals surface area (Å²) in [5.74, 6) is -0.196. The van der Waals surface area contributed by atoms with Crippen molar-refractivity contribution in [1.29, 1.82) is 0 Å². The van der Waals surface area contributed by atoms with Crippen LogP contribution in [0, 0.1) is 11.7 Å². The summed E-state index contributed by atoms with van der Waals surface area (Å²) in [6.45, 7) is 6.92. The molecule has 0 saturated heterocycles. The average molecular weight is 419 g/mol. The van der Waals surface area contributed by atoms with E-state index in [9.17, 15) is 14.0 Å². The molecule has 2 amide bonds. The number of carbonyl (C=O) groups excluding carboxylic acids is 2. The van der Waals surface area contributed by atoms with E-state index in [1.54, 1.807) is 33.3 Å². The number of likely N-dealkylation sites (N-methyl/N-ethyl adjacent to an activating group) is 1. The maximum atomic E-state index is 13.5. The average Bonchev–Trinajstić information content (AvgIpc) is 3.18. The first-order valence-corrected chi connectivity index (χ1v) is 10.8. The summed E-state index contributed by atoms with van der Waals surface area (Å²) in [7, 11) is 0. The highest BCUT2D eigenvalue weighted by molar-refractivity contribution is 7.10. The van der Waals surface area contributed by atoms with Gasteiger partial charge < -0.3 is 14.5 Å². The molecule has 5 nitrogen and oxygen atoms in total. The van der Waals surface area contributed by atoms with Gasteiger partial charge in [-0.2, -0.15) is 0 Å². The minimum Gasteiger partial charge on any atom is -0.491 e. The van der Waals surface area contributed by atoms with Crippen molar-refractivity contribution in [2.45, 2.75) is 33.2 Å². The molecule has 1 unspecified atom stereocenters. The van der Waals surface area contributed by atoms with Gasteiger partial charge in [0.15, 0.2) is 0 Å². The molecule has 1 aromatic carbocycles. The molecule has 2 aromatic rings. The van der Waals surface area contributed by atoms with Crippen LogP contribution in [0.25, 0.3) is 0 Å². The van der Waals surface area contributed by atoms with Gasteiger partial charge in [0, 0.05) is 30.0 Å². The van der Waals surface area contributed by atoms with Crippen LogP contribution in [0.15, 0.2) is 35.7 Å². The predicted molar refractivity (Wildman–Crippen MR) is 111 cm³/mol. The second-order valence-electron chi connectivity index (χ2n) is 7.43. The van der Waals surface area contributed by atoms with Gasteiger partial charge in [-0.3, -0.25) is 9.59 Å². The number of hydrogen-bond acceptors (Lipinski definition) is 4. The highest BCUT2D eigenvalue weighted by Gasteiger charge is 2.33. The van der Waals surface area contributed by atoms with Gasteiger partial charge in [-0.1, -0.05) is 19.9 Å². The number of hydrogen-bond donors (Lipinski definition) is 0. The van der Waals surface area contributed by atoms with Crippen molar-refractivity contribution in [1.82, 2.24) is 9.80 Å². The Morgan fingerprint density at radius 3 is 2.83 bits per heavy atom. The SMILES string of the molecule is CCN(CC(=O)N1CCc2sccc2C1COc1cccc(F)c1)C(=O)C(C)C. The lowest BCUT2D eigenvalue weighted by Gasteiger charge is -2.37. The Hall–Kier alpha value is -2.41. The van der Waals surface area contributed by atoms with E-state index in [-0.39, 0.29) is 42.7 Å². The van der Waals surface area contributed by atoms with Gasteiger partial charge in [0.25, 0.3) is 0 Å². The molecule has 1 aliphatic heterocycles. The van der Waals surface area contributed by atoms with Gasteiger partial charge in [0.2, 0.25) is 11.8 Å². The molecule has 0 spiro atoms. The lowest BCUT2D eigenvalue weighted by atomic mass is 10.0.